The van der Waals surface area contributed by atoms with Gasteiger partial charge >= 0.3 is 0 Å². The molecule has 0 saturated heterocycles. The van der Waals surface area contributed by atoms with Crippen LogP contribution in [0, 0.1) is 5.82 Å². The molecule has 3 aromatic carbocycles. The molecule has 7 nitrogen and oxygen atoms in total. The van der Waals surface area contributed by atoms with Gasteiger partial charge in [-0.2, -0.15) is 0 Å². The van der Waals surface area contributed by atoms with Gasteiger partial charge in [-0.15, -0.1) is 0 Å². The lowest BCUT2D eigenvalue weighted by Gasteiger charge is -2.31. The maximum absolute atomic E-state index is 14.6. The summed E-state index contributed by atoms with van der Waals surface area (Å²) >= 11 is 3.57. The second kappa shape index (κ2) is 11.1. The maximum Gasteiger partial charge on any atom is 0.266 e. The summed E-state index contributed by atoms with van der Waals surface area (Å²) in [6.07, 6.45) is 0.624. The molecule has 0 spiro atoms. The number of aromatic nitrogens is 2. The van der Waals surface area contributed by atoms with E-state index in [1.165, 1.54) is 41.9 Å². The van der Waals surface area contributed by atoms with Crippen molar-refractivity contribution in [2.45, 2.75) is 26.3 Å². The summed E-state index contributed by atoms with van der Waals surface area (Å²) in [6, 6.07) is 15.6. The smallest absolute Gasteiger partial charge is 0.266 e. The summed E-state index contributed by atoms with van der Waals surface area (Å²) in [5.74, 6) is 0.161. The first-order chi connectivity index (χ1) is 17.8. The first-order valence-corrected chi connectivity index (χ1v) is 12.6. The van der Waals surface area contributed by atoms with Gasteiger partial charge in [0, 0.05) is 18.7 Å². The van der Waals surface area contributed by atoms with Crippen molar-refractivity contribution in [1.82, 2.24) is 14.5 Å². The summed E-state index contributed by atoms with van der Waals surface area (Å²) in [7, 11) is 3.04. The molecule has 0 fully saturated rings. The third-order valence-electron chi connectivity index (χ3n) is 6.16. The molecule has 0 bridgehead atoms. The molecule has 1 atom stereocenters. The van der Waals surface area contributed by atoms with E-state index in [1.54, 1.807) is 49.4 Å². The lowest BCUT2D eigenvalue weighted by Crippen LogP contribution is -2.38. The van der Waals surface area contributed by atoms with Gasteiger partial charge < -0.3 is 14.4 Å². The molecule has 37 heavy (non-hydrogen) atoms. The van der Waals surface area contributed by atoms with E-state index in [9.17, 15) is 14.0 Å². The number of halogens is 2. The van der Waals surface area contributed by atoms with Crippen molar-refractivity contribution >= 4 is 32.7 Å². The van der Waals surface area contributed by atoms with Crippen molar-refractivity contribution in [1.29, 1.82) is 0 Å². The van der Waals surface area contributed by atoms with Crippen molar-refractivity contribution < 1.29 is 18.7 Å². The fourth-order valence-corrected chi connectivity index (χ4v) is 4.86. The van der Waals surface area contributed by atoms with Crippen LogP contribution in [0.4, 0.5) is 4.39 Å². The van der Waals surface area contributed by atoms with Crippen LogP contribution in [0.25, 0.3) is 16.6 Å². The molecule has 1 aromatic heterocycles. The van der Waals surface area contributed by atoms with Crippen LogP contribution in [0.5, 0.6) is 11.5 Å². The average Bonchev–Trinajstić information content (AvgIpc) is 2.91. The van der Waals surface area contributed by atoms with Crippen molar-refractivity contribution in [2.24, 2.45) is 0 Å². The first-order valence-electron chi connectivity index (χ1n) is 11.8. The third-order valence-corrected chi connectivity index (χ3v) is 6.96. The number of rotatable bonds is 8. The molecule has 9 heteroatoms. The van der Waals surface area contributed by atoms with Crippen LogP contribution in [-0.2, 0) is 0 Å². The molecule has 4 aromatic rings. The number of benzene rings is 3. The van der Waals surface area contributed by atoms with E-state index in [1.807, 2.05) is 6.92 Å². The molecule has 4 rings (SSSR count). The van der Waals surface area contributed by atoms with Gasteiger partial charge in [-0.1, -0.05) is 31.2 Å². The monoisotopic (exact) mass is 567 g/mol. The Morgan fingerprint density at radius 2 is 1.81 bits per heavy atom. The molecule has 0 radical (unpaired) electrons. The van der Waals surface area contributed by atoms with Crippen LogP contribution in [0.3, 0.4) is 0 Å². The first kappa shape index (κ1) is 26.3. The van der Waals surface area contributed by atoms with Crippen molar-refractivity contribution in [3.8, 4) is 17.2 Å². The minimum Gasteiger partial charge on any atom is -0.497 e. The topological polar surface area (TPSA) is 73.7 Å². The normalized spacial score (nSPS) is 11.8. The molecule has 0 N–H and O–H groups in total. The van der Waals surface area contributed by atoms with E-state index >= 15 is 0 Å². The Labute approximate surface area is 222 Å². The second-order valence-electron chi connectivity index (χ2n) is 8.44. The number of carbonyl (C=O) groups is 1. The van der Waals surface area contributed by atoms with Gasteiger partial charge in [0.15, 0.2) is 0 Å². The standard InChI is InChI=1S/C28H27BrFN3O4/c1-5-14-32(27(34)19-10-6-8-12-21(19)30)17(2)26-31-22-13-9-7-11-20(22)28(35)33(26)23-15-18(36-3)16-24(37-4)25(23)29/h6-13,15-17H,5,14H2,1-4H3. The number of para-hydroxylation sites is 1. The molecule has 1 amide bonds. The largest absolute Gasteiger partial charge is 0.497 e. The van der Waals surface area contributed by atoms with Crippen LogP contribution >= 0.6 is 15.9 Å². The minimum absolute atomic E-state index is 0.0401. The van der Waals surface area contributed by atoms with Gasteiger partial charge in [-0.3, -0.25) is 14.2 Å². The number of ether oxygens (including phenoxy) is 2. The van der Waals surface area contributed by atoms with E-state index in [0.717, 1.165) is 0 Å². The van der Waals surface area contributed by atoms with Gasteiger partial charge in [0.05, 0.1) is 46.9 Å². The van der Waals surface area contributed by atoms with Gasteiger partial charge in [-0.25, -0.2) is 9.37 Å². The molecule has 1 unspecified atom stereocenters. The van der Waals surface area contributed by atoms with E-state index in [4.69, 9.17) is 14.5 Å². The molecule has 0 aliphatic heterocycles. The number of nitrogens with zero attached hydrogens (tertiary/aromatic N) is 3. The van der Waals surface area contributed by atoms with Crippen LogP contribution < -0.4 is 15.0 Å². The highest BCUT2D eigenvalue weighted by Gasteiger charge is 2.29. The van der Waals surface area contributed by atoms with Crippen LogP contribution in [0.1, 0.15) is 42.5 Å². The Morgan fingerprint density at radius 3 is 2.49 bits per heavy atom. The Hall–Kier alpha value is -3.72. The molecule has 0 aliphatic carbocycles. The Kier molecular flexibility index (Phi) is 7.92. The van der Waals surface area contributed by atoms with Crippen molar-refractivity contribution in [3.63, 3.8) is 0 Å². The Morgan fingerprint density at radius 1 is 1.11 bits per heavy atom. The van der Waals surface area contributed by atoms with Gasteiger partial charge in [0.1, 0.15) is 23.1 Å². The highest BCUT2D eigenvalue weighted by atomic mass is 79.9. The predicted octanol–water partition coefficient (Wildman–Crippen LogP) is 5.92. The zero-order chi connectivity index (χ0) is 26.7. The van der Waals surface area contributed by atoms with Crippen molar-refractivity contribution in [2.75, 3.05) is 20.8 Å². The maximum atomic E-state index is 14.6. The van der Waals surface area contributed by atoms with E-state index in [2.05, 4.69) is 15.9 Å². The van der Waals surface area contributed by atoms with Crippen LogP contribution in [0.2, 0.25) is 0 Å². The lowest BCUT2D eigenvalue weighted by atomic mass is 10.1. The number of carbonyl (C=O) groups excluding carboxylic acids is 1. The SMILES string of the molecule is CCCN(C(=O)c1ccccc1F)C(C)c1nc2ccccc2c(=O)n1-c1cc(OC)cc(OC)c1Br. The number of hydrogen-bond acceptors (Lipinski definition) is 5. The van der Waals surface area contributed by atoms with E-state index in [0.29, 0.717) is 51.4 Å². The van der Waals surface area contributed by atoms with Crippen LogP contribution in [-0.4, -0.2) is 41.1 Å². The average molecular weight is 568 g/mol. The Balaban J connectivity index is 2.00. The number of fused-ring (bicyclic) bond motifs is 1. The van der Waals surface area contributed by atoms with Gasteiger partial charge in [0.25, 0.3) is 11.5 Å². The summed E-state index contributed by atoms with van der Waals surface area (Å²) in [5, 5.41) is 0.412. The third kappa shape index (κ3) is 4.96. The number of amides is 1. The number of methoxy groups -OCH3 is 2. The fraction of sp³-hybridized carbons (Fsp3) is 0.250. The summed E-state index contributed by atoms with van der Waals surface area (Å²) in [4.78, 5) is 33.9. The zero-order valence-electron chi connectivity index (χ0n) is 21.0. The molecule has 0 saturated carbocycles. The van der Waals surface area contributed by atoms with Gasteiger partial charge in [0.2, 0.25) is 0 Å². The van der Waals surface area contributed by atoms with Gasteiger partial charge in [-0.05, 0) is 53.5 Å². The van der Waals surface area contributed by atoms with E-state index < -0.39 is 17.8 Å². The van der Waals surface area contributed by atoms with E-state index in [-0.39, 0.29) is 11.1 Å². The molecular formula is C28H27BrFN3O4. The molecule has 192 valence electrons. The summed E-state index contributed by atoms with van der Waals surface area (Å²) in [6.45, 7) is 4.05. The molecule has 0 aliphatic rings. The lowest BCUT2D eigenvalue weighted by molar-refractivity contribution is 0.0676. The van der Waals surface area contributed by atoms with Crippen molar-refractivity contribution in [3.05, 3.63) is 92.7 Å². The minimum atomic E-state index is -0.687. The van der Waals surface area contributed by atoms with Crippen LogP contribution in [0.15, 0.2) is 69.9 Å². The highest BCUT2D eigenvalue weighted by molar-refractivity contribution is 9.10. The molecular weight excluding hydrogens is 541 g/mol. The fourth-order valence-electron chi connectivity index (χ4n) is 4.29. The predicted molar refractivity (Wildman–Crippen MR) is 144 cm³/mol. The highest BCUT2D eigenvalue weighted by Crippen LogP contribution is 2.37. The second-order valence-corrected chi connectivity index (χ2v) is 9.24. The zero-order valence-corrected chi connectivity index (χ0v) is 22.6. The molecule has 1 heterocycles. The Bertz CT molecular complexity index is 1520. The number of hydrogen-bond donors (Lipinski definition) is 0. The summed E-state index contributed by atoms with van der Waals surface area (Å²) < 4.78 is 27.5. The quantitative estimate of drug-likeness (QED) is 0.264. The summed E-state index contributed by atoms with van der Waals surface area (Å²) in [5.41, 5.74) is 0.572.